The van der Waals surface area contributed by atoms with E-state index in [1.54, 1.807) is 6.08 Å². The molecule has 0 radical (unpaired) electrons. The number of carbonyl (C=O) groups excluding carboxylic acids is 1. The Morgan fingerprint density at radius 1 is 0.756 bits per heavy atom. The summed E-state index contributed by atoms with van der Waals surface area (Å²) in [5.41, 5.74) is 0. The number of likely N-dealkylation sites (N-methyl/N-ethyl adjacent to an activating group) is 1. The summed E-state index contributed by atoms with van der Waals surface area (Å²) in [7, 11) is 1.24. The first kappa shape index (κ1) is 44.0. The number of allylic oxidation sites excluding steroid dienone is 3. The zero-order valence-electron chi connectivity index (χ0n) is 29.8. The van der Waals surface area contributed by atoms with E-state index in [1.165, 1.54) is 89.9 Å². The second kappa shape index (κ2) is 29.1. The third kappa shape index (κ3) is 31.4. The number of carbonyl (C=O) groups is 1. The Hall–Kier alpha value is -1.02. The van der Waals surface area contributed by atoms with Gasteiger partial charge in [-0.2, -0.15) is 0 Å². The van der Waals surface area contributed by atoms with E-state index < -0.39 is 26.6 Å². The van der Waals surface area contributed by atoms with Crippen molar-refractivity contribution >= 4 is 13.7 Å². The van der Waals surface area contributed by atoms with Crippen LogP contribution in [0.1, 0.15) is 149 Å². The molecule has 0 bridgehead atoms. The molecule has 0 aliphatic heterocycles. The molecular weight excluding hydrogens is 587 g/mol. The molecule has 0 fully saturated rings. The second-order valence-corrected chi connectivity index (χ2v) is 15.0. The van der Waals surface area contributed by atoms with E-state index in [1.807, 2.05) is 27.2 Å². The number of hydrogen-bond acceptors (Lipinski definition) is 6. The van der Waals surface area contributed by atoms with Crippen LogP contribution >= 0.6 is 7.82 Å². The zero-order chi connectivity index (χ0) is 33.7. The van der Waals surface area contributed by atoms with Crippen LogP contribution in [-0.4, -0.2) is 68.5 Å². The van der Waals surface area contributed by atoms with Crippen molar-refractivity contribution in [3.63, 3.8) is 0 Å². The van der Waals surface area contributed by atoms with Crippen molar-refractivity contribution in [1.29, 1.82) is 0 Å². The fraction of sp³-hybridized carbons (Fsp3) is 0.861. The van der Waals surface area contributed by atoms with E-state index in [2.05, 4.69) is 31.3 Å². The fourth-order valence-corrected chi connectivity index (χ4v) is 5.65. The van der Waals surface area contributed by atoms with Crippen LogP contribution in [-0.2, 0) is 18.4 Å². The van der Waals surface area contributed by atoms with E-state index in [4.69, 9.17) is 9.05 Å². The van der Waals surface area contributed by atoms with Crippen molar-refractivity contribution in [3.8, 4) is 0 Å². The molecule has 0 saturated heterocycles. The Labute approximate surface area is 277 Å². The van der Waals surface area contributed by atoms with Gasteiger partial charge in [0.05, 0.1) is 39.9 Å². The number of phosphoric ester groups is 1. The first-order valence-electron chi connectivity index (χ1n) is 18.2. The number of amides is 1. The molecule has 1 amide bonds. The molecule has 3 atom stereocenters. The molecule has 2 N–H and O–H groups in total. The van der Waals surface area contributed by atoms with Crippen LogP contribution in [0.2, 0.25) is 0 Å². The maximum atomic E-state index is 12.6. The first-order valence-corrected chi connectivity index (χ1v) is 19.7. The highest BCUT2D eigenvalue weighted by Crippen LogP contribution is 2.38. The number of hydrogen-bond donors (Lipinski definition) is 2. The summed E-state index contributed by atoms with van der Waals surface area (Å²) in [6.07, 6.45) is 31.0. The number of aliphatic hydroxyl groups excluding tert-OH is 1. The molecule has 0 spiro atoms. The van der Waals surface area contributed by atoms with Gasteiger partial charge in [-0.3, -0.25) is 9.36 Å². The molecule has 0 saturated carbocycles. The molecule has 1 unspecified atom stereocenters. The first-order chi connectivity index (χ1) is 21.5. The molecule has 9 heteroatoms. The van der Waals surface area contributed by atoms with E-state index in [9.17, 15) is 19.4 Å². The quantitative estimate of drug-likeness (QED) is 0.0325. The van der Waals surface area contributed by atoms with Crippen LogP contribution in [0, 0.1) is 0 Å². The van der Waals surface area contributed by atoms with Crippen molar-refractivity contribution in [2.75, 3.05) is 40.9 Å². The van der Waals surface area contributed by atoms with E-state index >= 15 is 0 Å². The maximum Gasteiger partial charge on any atom is 0.268 e. The maximum absolute atomic E-state index is 12.6. The molecule has 266 valence electrons. The predicted molar refractivity (Wildman–Crippen MR) is 187 cm³/mol. The number of rotatable bonds is 32. The Morgan fingerprint density at radius 3 is 1.80 bits per heavy atom. The van der Waals surface area contributed by atoms with Crippen LogP contribution < -0.4 is 10.2 Å². The highest BCUT2D eigenvalue weighted by Gasteiger charge is 2.23. The average Bonchev–Trinajstić information content (AvgIpc) is 2.97. The fourth-order valence-electron chi connectivity index (χ4n) is 4.93. The van der Waals surface area contributed by atoms with E-state index in [0.717, 1.165) is 38.5 Å². The van der Waals surface area contributed by atoms with Gasteiger partial charge in [-0.05, 0) is 32.1 Å². The monoisotopic (exact) mass is 659 g/mol. The van der Waals surface area contributed by atoms with Gasteiger partial charge >= 0.3 is 0 Å². The van der Waals surface area contributed by atoms with Gasteiger partial charge in [0.2, 0.25) is 5.91 Å². The standard InChI is InChI=1S/C36H71N2O6P/c1-6-8-10-12-14-15-16-17-18-19-20-21-22-24-25-27-29-35(39)34(33-44-45(41,42)43-32-31-38(3,4)5)37-36(40)30-28-26-23-13-11-9-7-2/h21-22,27,29,34-35,39H,6-20,23-26,28,30-33H2,1-5H3,(H-,37,40,41,42)/b22-21+,29-27+/t34-,35+/m1/s1. The second-order valence-electron chi connectivity index (χ2n) is 13.6. The lowest BCUT2D eigenvalue weighted by molar-refractivity contribution is -0.870. The lowest BCUT2D eigenvalue weighted by Gasteiger charge is -2.29. The van der Waals surface area contributed by atoms with Gasteiger partial charge in [0, 0.05) is 6.42 Å². The highest BCUT2D eigenvalue weighted by atomic mass is 31.2. The minimum Gasteiger partial charge on any atom is -0.756 e. The van der Waals surface area contributed by atoms with Crippen LogP contribution in [0.3, 0.4) is 0 Å². The Morgan fingerprint density at radius 2 is 1.24 bits per heavy atom. The van der Waals surface area contributed by atoms with Crippen molar-refractivity contribution in [1.82, 2.24) is 5.32 Å². The largest absolute Gasteiger partial charge is 0.756 e. The van der Waals surface area contributed by atoms with Crippen LogP contribution in [0.15, 0.2) is 24.3 Å². The van der Waals surface area contributed by atoms with Crippen LogP contribution in [0.4, 0.5) is 0 Å². The van der Waals surface area contributed by atoms with Gasteiger partial charge in [0.25, 0.3) is 7.82 Å². The van der Waals surface area contributed by atoms with Crippen molar-refractivity contribution in [3.05, 3.63) is 24.3 Å². The summed E-state index contributed by atoms with van der Waals surface area (Å²) in [4.78, 5) is 25.0. The minimum absolute atomic E-state index is 0.00523. The molecule has 0 aromatic rings. The Balaban J connectivity index is 4.55. The molecule has 0 aromatic heterocycles. The molecule has 45 heavy (non-hydrogen) atoms. The SMILES string of the molecule is CCCCCCCCCCCC/C=C/CC/C=C/[C@H](O)[C@@H](COP(=O)([O-])OCC[N+](C)(C)C)NC(=O)CCCCCCCCC. The molecule has 8 nitrogen and oxygen atoms in total. The molecule has 0 aliphatic carbocycles. The minimum atomic E-state index is -4.58. The summed E-state index contributed by atoms with van der Waals surface area (Å²) in [5, 5.41) is 13.6. The normalized spacial score (nSPS) is 15.1. The Bertz CT molecular complexity index is 799. The summed E-state index contributed by atoms with van der Waals surface area (Å²) in [5.74, 6) is -0.216. The molecule has 0 rings (SSSR count). The molecule has 0 aromatic carbocycles. The highest BCUT2D eigenvalue weighted by molar-refractivity contribution is 7.45. The third-order valence-electron chi connectivity index (χ3n) is 7.91. The number of quaternary nitrogens is 1. The number of aliphatic hydroxyl groups is 1. The third-order valence-corrected chi connectivity index (χ3v) is 8.88. The summed E-state index contributed by atoms with van der Waals surface area (Å²) in [6, 6.07) is -0.894. The predicted octanol–water partition coefficient (Wildman–Crippen LogP) is 8.38. The van der Waals surface area contributed by atoms with Crippen molar-refractivity contribution in [2.45, 2.75) is 161 Å². The van der Waals surface area contributed by atoms with Gasteiger partial charge < -0.3 is 28.8 Å². The van der Waals surface area contributed by atoms with Crippen molar-refractivity contribution in [2.24, 2.45) is 0 Å². The topological polar surface area (TPSA) is 108 Å². The van der Waals surface area contributed by atoms with Gasteiger partial charge in [-0.1, -0.05) is 134 Å². The number of unbranched alkanes of at least 4 members (excludes halogenated alkanes) is 17. The lowest BCUT2D eigenvalue weighted by Crippen LogP contribution is -2.45. The van der Waals surface area contributed by atoms with Gasteiger partial charge in [-0.15, -0.1) is 0 Å². The lowest BCUT2D eigenvalue weighted by atomic mass is 10.1. The van der Waals surface area contributed by atoms with Crippen LogP contribution in [0.5, 0.6) is 0 Å². The Kier molecular flexibility index (Phi) is 28.5. The van der Waals surface area contributed by atoms with Crippen molar-refractivity contribution < 1.29 is 32.9 Å². The summed E-state index contributed by atoms with van der Waals surface area (Å²) >= 11 is 0. The number of nitrogens with one attached hydrogen (secondary N) is 1. The van der Waals surface area contributed by atoms with E-state index in [0.29, 0.717) is 17.4 Å². The molecular formula is C36H71N2O6P. The molecule has 0 heterocycles. The van der Waals surface area contributed by atoms with Gasteiger partial charge in [0.1, 0.15) is 13.2 Å². The number of phosphoric acid groups is 1. The average molecular weight is 659 g/mol. The summed E-state index contributed by atoms with van der Waals surface area (Å²) in [6.45, 7) is 4.55. The molecule has 0 aliphatic rings. The van der Waals surface area contributed by atoms with Gasteiger partial charge in [-0.25, -0.2) is 0 Å². The van der Waals surface area contributed by atoms with E-state index in [-0.39, 0.29) is 12.5 Å². The van der Waals surface area contributed by atoms with Crippen LogP contribution in [0.25, 0.3) is 0 Å². The summed E-state index contributed by atoms with van der Waals surface area (Å²) < 4.78 is 23.0. The smallest absolute Gasteiger partial charge is 0.268 e. The number of nitrogens with zero attached hydrogens (tertiary/aromatic N) is 1. The van der Waals surface area contributed by atoms with Gasteiger partial charge in [0.15, 0.2) is 0 Å². The zero-order valence-corrected chi connectivity index (χ0v) is 30.7.